The summed E-state index contributed by atoms with van der Waals surface area (Å²) in [6.45, 7) is 3.75. The van der Waals surface area contributed by atoms with Gasteiger partial charge in [0.15, 0.2) is 0 Å². The van der Waals surface area contributed by atoms with Gasteiger partial charge < -0.3 is 10.1 Å². The topological polar surface area (TPSA) is 84.5 Å². The van der Waals surface area contributed by atoms with Gasteiger partial charge in [0.25, 0.3) is 0 Å². The molecule has 0 unspecified atom stereocenters. The van der Waals surface area contributed by atoms with Gasteiger partial charge in [-0.25, -0.2) is 13.1 Å². The summed E-state index contributed by atoms with van der Waals surface area (Å²) in [7, 11) is -2.21. The first-order chi connectivity index (χ1) is 12.3. The second-order valence-electron chi connectivity index (χ2n) is 6.62. The van der Waals surface area contributed by atoms with Crippen LogP contribution in [-0.4, -0.2) is 34.5 Å². The largest absolute Gasteiger partial charge is 0.496 e. The van der Waals surface area contributed by atoms with Gasteiger partial charge in [-0.2, -0.15) is 0 Å². The van der Waals surface area contributed by atoms with E-state index < -0.39 is 10.0 Å². The fourth-order valence-corrected chi connectivity index (χ4v) is 4.36. The molecule has 0 radical (unpaired) electrons. The smallest absolute Gasteiger partial charge is 0.241 e. The predicted molar refractivity (Wildman–Crippen MR) is 102 cm³/mol. The minimum atomic E-state index is -3.76. The summed E-state index contributed by atoms with van der Waals surface area (Å²) in [6, 6.07) is 3.24. The van der Waals surface area contributed by atoms with Gasteiger partial charge >= 0.3 is 0 Å². The van der Waals surface area contributed by atoms with Crippen LogP contribution in [0, 0.1) is 13.8 Å². The summed E-state index contributed by atoms with van der Waals surface area (Å²) in [5.41, 5.74) is 2.68. The van der Waals surface area contributed by atoms with Crippen LogP contribution in [0.2, 0.25) is 0 Å². The Morgan fingerprint density at radius 3 is 2.62 bits per heavy atom. The van der Waals surface area contributed by atoms with Crippen LogP contribution in [-0.2, 0) is 14.8 Å². The normalized spacial score (nSPS) is 14.7. The number of ether oxygens (including phenoxy) is 1. The zero-order valence-corrected chi connectivity index (χ0v) is 16.5. The van der Waals surface area contributed by atoms with Crippen LogP contribution in [0.1, 0.15) is 43.2 Å². The molecule has 0 fully saturated rings. The van der Waals surface area contributed by atoms with E-state index in [0.717, 1.165) is 24.8 Å². The number of amides is 1. The van der Waals surface area contributed by atoms with Crippen LogP contribution in [0.4, 0.5) is 0 Å². The maximum absolute atomic E-state index is 12.5. The standard InChI is InChI=1S/C19H28N2O4S/c1-14-12-18(15(2)11-17(14)25-3)26(23,24)21-13-19(22)20-10-9-16-7-5-4-6-8-16/h7,11-12,21H,4-6,8-10,13H2,1-3H3,(H,20,22). The van der Waals surface area contributed by atoms with Crippen molar-refractivity contribution in [3.63, 3.8) is 0 Å². The molecule has 144 valence electrons. The molecule has 1 aliphatic carbocycles. The van der Waals surface area contributed by atoms with E-state index in [0.29, 0.717) is 17.9 Å². The second kappa shape index (κ2) is 9.19. The molecule has 7 heteroatoms. The van der Waals surface area contributed by atoms with Crippen molar-refractivity contribution in [3.8, 4) is 5.75 Å². The zero-order chi connectivity index (χ0) is 19.2. The van der Waals surface area contributed by atoms with Crippen molar-refractivity contribution in [1.82, 2.24) is 10.0 Å². The first kappa shape index (κ1) is 20.5. The number of methoxy groups -OCH3 is 1. The number of sulfonamides is 1. The van der Waals surface area contributed by atoms with Crippen molar-refractivity contribution in [2.45, 2.75) is 50.8 Å². The minimum absolute atomic E-state index is 0.163. The van der Waals surface area contributed by atoms with E-state index in [1.54, 1.807) is 33.1 Å². The van der Waals surface area contributed by atoms with Crippen molar-refractivity contribution >= 4 is 15.9 Å². The molecular weight excluding hydrogens is 352 g/mol. The van der Waals surface area contributed by atoms with E-state index in [9.17, 15) is 13.2 Å². The van der Waals surface area contributed by atoms with Gasteiger partial charge in [0.2, 0.25) is 15.9 Å². The van der Waals surface area contributed by atoms with Crippen molar-refractivity contribution in [2.75, 3.05) is 20.2 Å². The van der Waals surface area contributed by atoms with E-state index in [2.05, 4.69) is 16.1 Å². The molecule has 0 aromatic heterocycles. The highest BCUT2D eigenvalue weighted by Gasteiger charge is 2.19. The molecule has 1 aromatic carbocycles. The van der Waals surface area contributed by atoms with E-state index in [-0.39, 0.29) is 17.3 Å². The number of carbonyl (C=O) groups is 1. The van der Waals surface area contributed by atoms with Gasteiger partial charge in [-0.3, -0.25) is 4.79 Å². The molecule has 2 N–H and O–H groups in total. The number of hydrogen-bond donors (Lipinski definition) is 2. The molecule has 0 saturated carbocycles. The van der Waals surface area contributed by atoms with Crippen LogP contribution in [0.3, 0.4) is 0 Å². The molecule has 26 heavy (non-hydrogen) atoms. The van der Waals surface area contributed by atoms with Gasteiger partial charge in [0.05, 0.1) is 18.6 Å². The Hall–Kier alpha value is -1.86. The first-order valence-corrected chi connectivity index (χ1v) is 10.4. The van der Waals surface area contributed by atoms with Crippen molar-refractivity contribution < 1.29 is 17.9 Å². The highest BCUT2D eigenvalue weighted by molar-refractivity contribution is 7.89. The molecule has 1 amide bonds. The molecule has 1 aliphatic rings. The van der Waals surface area contributed by atoms with E-state index in [1.807, 2.05) is 0 Å². The van der Waals surface area contributed by atoms with Crippen LogP contribution in [0.5, 0.6) is 5.75 Å². The lowest BCUT2D eigenvalue weighted by atomic mass is 9.97. The number of hydrogen-bond acceptors (Lipinski definition) is 4. The second-order valence-corrected chi connectivity index (χ2v) is 8.36. The molecule has 6 nitrogen and oxygen atoms in total. The van der Waals surface area contributed by atoms with Crippen LogP contribution < -0.4 is 14.8 Å². The van der Waals surface area contributed by atoms with Crippen molar-refractivity contribution in [3.05, 3.63) is 34.9 Å². The Morgan fingerprint density at radius 2 is 1.96 bits per heavy atom. The fourth-order valence-electron chi connectivity index (χ4n) is 3.07. The summed E-state index contributed by atoms with van der Waals surface area (Å²) in [5, 5.41) is 2.77. The molecule has 0 saturated heterocycles. The monoisotopic (exact) mass is 380 g/mol. The molecule has 0 heterocycles. The van der Waals surface area contributed by atoms with E-state index in [1.165, 1.54) is 18.4 Å². The Bertz CT molecular complexity index is 785. The highest BCUT2D eigenvalue weighted by Crippen LogP contribution is 2.25. The maximum atomic E-state index is 12.5. The molecule has 1 aromatic rings. The van der Waals surface area contributed by atoms with Crippen LogP contribution in [0.25, 0.3) is 0 Å². The Labute approximate surface area is 156 Å². The van der Waals surface area contributed by atoms with Crippen molar-refractivity contribution in [1.29, 1.82) is 0 Å². The Balaban J connectivity index is 1.88. The Morgan fingerprint density at radius 1 is 1.19 bits per heavy atom. The SMILES string of the molecule is COc1cc(C)c(S(=O)(=O)NCC(=O)NCCC2=CCCCC2)cc1C. The number of aryl methyl sites for hydroxylation is 2. The molecule has 0 bridgehead atoms. The molecule has 0 atom stereocenters. The number of rotatable bonds is 8. The van der Waals surface area contributed by atoms with Gasteiger partial charge in [-0.05, 0) is 69.2 Å². The quantitative estimate of drug-likeness (QED) is 0.679. The lowest BCUT2D eigenvalue weighted by Crippen LogP contribution is -2.37. The minimum Gasteiger partial charge on any atom is -0.496 e. The first-order valence-electron chi connectivity index (χ1n) is 8.93. The summed E-state index contributed by atoms with van der Waals surface area (Å²) in [6.07, 6.45) is 7.73. The number of allylic oxidation sites excluding steroid dienone is 1. The number of benzene rings is 1. The summed E-state index contributed by atoms with van der Waals surface area (Å²) < 4.78 is 32.6. The third-order valence-electron chi connectivity index (χ3n) is 4.56. The van der Waals surface area contributed by atoms with Crippen LogP contribution in [0.15, 0.2) is 28.7 Å². The van der Waals surface area contributed by atoms with Crippen molar-refractivity contribution in [2.24, 2.45) is 0 Å². The molecule has 0 aliphatic heterocycles. The average molecular weight is 381 g/mol. The molecule has 2 rings (SSSR count). The molecule has 0 spiro atoms. The maximum Gasteiger partial charge on any atom is 0.241 e. The van der Waals surface area contributed by atoms with Gasteiger partial charge in [-0.1, -0.05) is 11.6 Å². The summed E-state index contributed by atoms with van der Waals surface area (Å²) >= 11 is 0. The summed E-state index contributed by atoms with van der Waals surface area (Å²) in [4.78, 5) is 12.1. The highest BCUT2D eigenvalue weighted by atomic mass is 32.2. The zero-order valence-electron chi connectivity index (χ0n) is 15.7. The van der Waals surface area contributed by atoms with E-state index >= 15 is 0 Å². The predicted octanol–water partition coefficient (Wildman–Crippen LogP) is 2.60. The fraction of sp³-hybridized carbons (Fsp3) is 0.526. The lowest BCUT2D eigenvalue weighted by molar-refractivity contribution is -0.119. The van der Waals surface area contributed by atoms with Gasteiger partial charge in [0, 0.05) is 6.54 Å². The van der Waals surface area contributed by atoms with Gasteiger partial charge in [-0.15, -0.1) is 0 Å². The molecular formula is C19H28N2O4S. The number of nitrogens with one attached hydrogen (secondary N) is 2. The van der Waals surface area contributed by atoms with E-state index in [4.69, 9.17) is 4.74 Å². The summed E-state index contributed by atoms with van der Waals surface area (Å²) in [5.74, 6) is 0.309. The van der Waals surface area contributed by atoms with Crippen LogP contribution >= 0.6 is 0 Å². The number of carbonyl (C=O) groups excluding carboxylic acids is 1. The third-order valence-corrected chi connectivity index (χ3v) is 6.10. The Kier molecular flexibility index (Phi) is 7.23. The lowest BCUT2D eigenvalue weighted by Gasteiger charge is -2.14. The van der Waals surface area contributed by atoms with Gasteiger partial charge in [0.1, 0.15) is 5.75 Å². The third kappa shape index (κ3) is 5.57. The average Bonchev–Trinajstić information content (AvgIpc) is 2.62.